The van der Waals surface area contributed by atoms with Crippen molar-refractivity contribution in [3.63, 3.8) is 0 Å². The van der Waals surface area contributed by atoms with Crippen LogP contribution in [0.2, 0.25) is 0 Å². The molecule has 29 heavy (non-hydrogen) atoms. The summed E-state index contributed by atoms with van der Waals surface area (Å²) < 4.78 is 22.3. The quantitative estimate of drug-likeness (QED) is 0.355. The molecular formula is C24H22INO2S. The third kappa shape index (κ3) is 4.86. The summed E-state index contributed by atoms with van der Waals surface area (Å²) in [5, 5.41) is 0. The molecule has 148 valence electrons. The van der Waals surface area contributed by atoms with Crippen molar-refractivity contribution in [3.8, 4) is 0 Å². The Kier molecular flexibility index (Phi) is 6.60. The molecule has 3 nitrogen and oxygen atoms in total. The van der Waals surface area contributed by atoms with E-state index in [2.05, 4.69) is 82.1 Å². The minimum atomic E-state index is -1.86. The predicted molar refractivity (Wildman–Crippen MR) is 128 cm³/mol. The number of hydrogen-bond acceptors (Lipinski definition) is 2. The fourth-order valence-electron chi connectivity index (χ4n) is 3.89. The second-order valence-corrected chi connectivity index (χ2v) is 9.36. The molecule has 1 fully saturated rings. The summed E-state index contributed by atoms with van der Waals surface area (Å²) in [6.07, 6.45) is 0. The van der Waals surface area contributed by atoms with E-state index >= 15 is 0 Å². The van der Waals surface area contributed by atoms with Gasteiger partial charge in [-0.2, -0.15) is 0 Å². The molecule has 5 heteroatoms. The topological polar surface area (TPSA) is 40.5 Å². The zero-order valence-corrected chi connectivity index (χ0v) is 18.8. The summed E-state index contributed by atoms with van der Waals surface area (Å²) in [5.41, 5.74) is 5.82. The molecule has 0 aliphatic carbocycles. The van der Waals surface area contributed by atoms with E-state index in [4.69, 9.17) is 0 Å². The smallest absolute Gasteiger partial charge is 0.157 e. The Labute approximate surface area is 187 Å². The predicted octanol–water partition coefficient (Wildman–Crippen LogP) is 5.37. The molecule has 1 aliphatic heterocycles. The molecule has 4 rings (SSSR count). The van der Waals surface area contributed by atoms with Crippen molar-refractivity contribution >= 4 is 39.2 Å². The highest BCUT2D eigenvalue weighted by molar-refractivity contribution is 14.1. The second-order valence-electron chi connectivity index (χ2n) is 7.19. The van der Waals surface area contributed by atoms with E-state index in [1.165, 1.54) is 16.7 Å². The van der Waals surface area contributed by atoms with Crippen molar-refractivity contribution in [2.24, 2.45) is 0 Å². The van der Waals surface area contributed by atoms with Crippen LogP contribution in [0.1, 0.15) is 22.7 Å². The first-order chi connectivity index (χ1) is 14.1. The highest BCUT2D eigenvalue weighted by Gasteiger charge is 2.32. The average Bonchev–Trinajstić information content (AvgIpc) is 2.70. The van der Waals surface area contributed by atoms with Gasteiger partial charge in [0.15, 0.2) is 11.1 Å². The fourth-order valence-corrected chi connectivity index (χ4v) is 5.05. The van der Waals surface area contributed by atoms with Crippen molar-refractivity contribution in [2.75, 3.05) is 18.8 Å². The van der Waals surface area contributed by atoms with E-state index in [0.717, 1.165) is 27.8 Å². The van der Waals surface area contributed by atoms with Crippen LogP contribution in [0.25, 0.3) is 5.57 Å². The molecule has 1 heterocycles. The highest BCUT2D eigenvalue weighted by Crippen LogP contribution is 2.37. The first-order valence-electron chi connectivity index (χ1n) is 9.50. The molecule has 1 saturated heterocycles. The van der Waals surface area contributed by atoms with Crippen LogP contribution in [0.5, 0.6) is 0 Å². The van der Waals surface area contributed by atoms with Crippen molar-refractivity contribution in [2.45, 2.75) is 6.04 Å². The molecule has 3 aromatic rings. The zero-order chi connectivity index (χ0) is 20.2. The lowest BCUT2D eigenvalue weighted by molar-refractivity contribution is 0.202. The average molecular weight is 515 g/mol. The van der Waals surface area contributed by atoms with E-state index in [1.807, 2.05) is 30.3 Å². The summed E-state index contributed by atoms with van der Waals surface area (Å²) in [4.78, 5) is 2.42. The third-order valence-electron chi connectivity index (χ3n) is 5.25. The summed E-state index contributed by atoms with van der Waals surface area (Å²) >= 11 is 0.421. The molecule has 1 N–H and O–H groups in total. The van der Waals surface area contributed by atoms with Crippen LogP contribution in [0.15, 0.2) is 90.5 Å². The van der Waals surface area contributed by atoms with Gasteiger partial charge in [0.05, 0.1) is 11.8 Å². The number of nitrogens with zero attached hydrogens (tertiary/aromatic N) is 1. The van der Waals surface area contributed by atoms with Gasteiger partial charge in [0.1, 0.15) is 0 Å². The normalized spacial score (nSPS) is 15.2. The third-order valence-corrected chi connectivity index (χ3v) is 6.46. The number of hydrogen-bond donors (Lipinski definition) is 1. The maximum atomic E-state index is 11.6. The molecule has 0 spiro atoms. The van der Waals surface area contributed by atoms with Crippen LogP contribution in [0, 0.1) is 3.57 Å². The second kappa shape index (κ2) is 9.34. The van der Waals surface area contributed by atoms with Crippen molar-refractivity contribution in [1.82, 2.24) is 4.90 Å². The molecule has 1 atom stereocenters. The lowest BCUT2D eigenvalue weighted by Gasteiger charge is -2.42. The zero-order valence-electron chi connectivity index (χ0n) is 15.9. The molecule has 0 saturated carbocycles. The van der Waals surface area contributed by atoms with Gasteiger partial charge in [0, 0.05) is 16.7 Å². The monoisotopic (exact) mass is 515 g/mol. The van der Waals surface area contributed by atoms with E-state index < -0.39 is 11.1 Å². The fraction of sp³-hybridized carbons (Fsp3) is 0.167. The van der Waals surface area contributed by atoms with Gasteiger partial charge in [-0.1, -0.05) is 72.8 Å². The summed E-state index contributed by atoms with van der Waals surface area (Å²) in [5.74, 6) is 0.171. The Morgan fingerprint density at radius 2 is 1.52 bits per heavy atom. The Morgan fingerprint density at radius 1 is 0.931 bits per heavy atom. The van der Waals surface area contributed by atoms with Gasteiger partial charge in [0.2, 0.25) is 0 Å². The maximum absolute atomic E-state index is 11.6. The summed E-state index contributed by atoms with van der Waals surface area (Å²) in [7, 11) is 0. The van der Waals surface area contributed by atoms with Gasteiger partial charge < -0.3 is 4.55 Å². The number of benzene rings is 3. The molecule has 0 amide bonds. The van der Waals surface area contributed by atoms with Gasteiger partial charge >= 0.3 is 0 Å². The van der Waals surface area contributed by atoms with Crippen LogP contribution < -0.4 is 0 Å². The minimum Gasteiger partial charge on any atom is -0.306 e. The lowest BCUT2D eigenvalue weighted by Crippen LogP contribution is -2.44. The summed E-state index contributed by atoms with van der Waals surface area (Å²) in [6, 6.07) is 29.4. The van der Waals surface area contributed by atoms with Gasteiger partial charge in [-0.05, 0) is 62.6 Å². The molecule has 0 aromatic heterocycles. The molecule has 0 bridgehead atoms. The Balaban J connectivity index is 1.66. The Morgan fingerprint density at radius 3 is 2.03 bits per heavy atom. The van der Waals surface area contributed by atoms with E-state index in [9.17, 15) is 8.76 Å². The van der Waals surface area contributed by atoms with Crippen LogP contribution >= 0.6 is 22.6 Å². The molecule has 1 unspecified atom stereocenters. The lowest BCUT2D eigenvalue weighted by atomic mass is 9.90. The van der Waals surface area contributed by atoms with Crippen molar-refractivity contribution in [3.05, 3.63) is 111 Å². The van der Waals surface area contributed by atoms with E-state index in [0.29, 0.717) is 0 Å². The first kappa shape index (κ1) is 20.5. The van der Waals surface area contributed by atoms with Crippen LogP contribution in [0.4, 0.5) is 0 Å². The SMILES string of the molecule is O=S(O)CC(=C1CN(C(c2ccccc2)c2ccccc2)C1)c1cccc(I)c1. The van der Waals surface area contributed by atoms with Crippen LogP contribution in [-0.4, -0.2) is 32.5 Å². The van der Waals surface area contributed by atoms with E-state index in [-0.39, 0.29) is 11.8 Å². The Bertz CT molecular complexity index is 990. The van der Waals surface area contributed by atoms with Gasteiger partial charge in [-0.3, -0.25) is 4.90 Å². The van der Waals surface area contributed by atoms with Crippen LogP contribution in [-0.2, 0) is 11.1 Å². The first-order valence-corrected chi connectivity index (χ1v) is 11.9. The highest BCUT2D eigenvalue weighted by atomic mass is 127. The molecule has 3 aromatic carbocycles. The van der Waals surface area contributed by atoms with Gasteiger partial charge in [0.25, 0.3) is 0 Å². The number of rotatable bonds is 6. The molecule has 1 aliphatic rings. The van der Waals surface area contributed by atoms with E-state index in [1.54, 1.807) is 0 Å². The Hall–Kier alpha value is -1.80. The van der Waals surface area contributed by atoms with Gasteiger partial charge in [-0.15, -0.1) is 0 Å². The largest absolute Gasteiger partial charge is 0.306 e. The van der Waals surface area contributed by atoms with Crippen LogP contribution in [0.3, 0.4) is 0 Å². The van der Waals surface area contributed by atoms with Gasteiger partial charge in [-0.25, -0.2) is 4.21 Å². The maximum Gasteiger partial charge on any atom is 0.157 e. The number of likely N-dealkylation sites (tertiary alicyclic amines) is 1. The standard InChI is InChI=1S/C24H22INO2S/c25-22-13-7-12-20(14-22)23(17-29(27)28)21-15-26(16-21)24(18-8-3-1-4-9-18)19-10-5-2-6-11-19/h1-14,24H,15-17H2,(H,27,28). The van der Waals surface area contributed by atoms with Crippen molar-refractivity contribution < 1.29 is 8.76 Å². The molecule has 0 radical (unpaired) electrons. The summed E-state index contributed by atoms with van der Waals surface area (Å²) in [6.45, 7) is 1.60. The minimum absolute atomic E-state index is 0.171. The molecular weight excluding hydrogens is 493 g/mol. The van der Waals surface area contributed by atoms with Crippen molar-refractivity contribution in [1.29, 1.82) is 0 Å². The number of halogens is 1.